The molecule has 2 amide bonds. The second kappa shape index (κ2) is 10.7. The van der Waals surface area contributed by atoms with E-state index in [2.05, 4.69) is 5.32 Å². The fraction of sp³-hybridized carbons (Fsp3) is 0.185. The number of carboxylic acid groups (broad SMARTS) is 1. The summed E-state index contributed by atoms with van der Waals surface area (Å²) < 4.78 is 5.83. The molecule has 3 aromatic rings. The zero-order valence-electron chi connectivity index (χ0n) is 19.4. The predicted molar refractivity (Wildman–Crippen MR) is 134 cm³/mol. The standard InChI is InChI=1S/C27H26N4O5/c28-25(29)18-6-8-19(9-7-18)26(34)30-21-10-11-22-20(14-21)16-31(13-12-17-4-2-1-3-5-17)27(35)23(36-22)15-24(32)33/h1-11,14,23H,12-13,15-16H2,(H3,28,29)(H,30,34)(H,32,33)/t23-/m1/s1. The number of aliphatic carboxylic acids is 1. The van der Waals surface area contributed by atoms with Crippen LogP contribution in [0.5, 0.6) is 5.75 Å². The minimum atomic E-state index is -1.14. The van der Waals surface area contributed by atoms with Gasteiger partial charge in [-0.2, -0.15) is 0 Å². The van der Waals surface area contributed by atoms with Crippen molar-refractivity contribution in [2.24, 2.45) is 5.73 Å². The van der Waals surface area contributed by atoms with Crippen molar-refractivity contribution < 1.29 is 24.2 Å². The van der Waals surface area contributed by atoms with Gasteiger partial charge in [-0.1, -0.05) is 42.5 Å². The molecule has 3 aromatic carbocycles. The van der Waals surface area contributed by atoms with Crippen LogP contribution in [0.1, 0.15) is 33.5 Å². The molecule has 0 bridgehead atoms. The summed E-state index contributed by atoms with van der Waals surface area (Å²) in [4.78, 5) is 38.8. The molecule has 5 N–H and O–H groups in total. The summed E-state index contributed by atoms with van der Waals surface area (Å²) in [6.07, 6.45) is -0.983. The number of amidine groups is 1. The molecule has 0 aliphatic carbocycles. The molecule has 0 aromatic heterocycles. The van der Waals surface area contributed by atoms with Gasteiger partial charge in [0.05, 0.1) is 6.42 Å². The lowest BCUT2D eigenvalue weighted by Crippen LogP contribution is -2.41. The SMILES string of the molecule is N=C(N)c1ccc(C(=O)Nc2ccc3c(c2)CN(CCc2ccccc2)C(=O)[C@@H](CC(=O)O)O3)cc1. The molecule has 184 valence electrons. The number of nitrogens with two attached hydrogens (primary N) is 1. The predicted octanol–water partition coefficient (Wildman–Crippen LogP) is 3.03. The molecule has 9 heteroatoms. The van der Waals surface area contributed by atoms with Gasteiger partial charge in [0.15, 0.2) is 6.10 Å². The van der Waals surface area contributed by atoms with Gasteiger partial charge in [0, 0.05) is 35.5 Å². The maximum atomic E-state index is 13.1. The van der Waals surface area contributed by atoms with Crippen molar-refractivity contribution in [3.05, 3.63) is 95.1 Å². The normalized spacial score (nSPS) is 14.8. The van der Waals surface area contributed by atoms with Crippen LogP contribution in [0, 0.1) is 5.41 Å². The van der Waals surface area contributed by atoms with E-state index in [4.69, 9.17) is 15.9 Å². The quantitative estimate of drug-likeness (QED) is 0.284. The van der Waals surface area contributed by atoms with E-state index in [0.717, 1.165) is 5.56 Å². The number of carboxylic acids is 1. The van der Waals surface area contributed by atoms with Gasteiger partial charge in [0.25, 0.3) is 11.8 Å². The number of carbonyl (C=O) groups is 3. The monoisotopic (exact) mass is 486 g/mol. The Morgan fingerprint density at radius 3 is 2.42 bits per heavy atom. The van der Waals surface area contributed by atoms with Crippen molar-refractivity contribution in [1.82, 2.24) is 4.90 Å². The second-order valence-electron chi connectivity index (χ2n) is 8.47. The fourth-order valence-corrected chi connectivity index (χ4v) is 3.98. The molecule has 0 saturated heterocycles. The zero-order valence-corrected chi connectivity index (χ0v) is 19.4. The van der Waals surface area contributed by atoms with Crippen LogP contribution in [0.15, 0.2) is 72.8 Å². The Labute approximate surface area is 208 Å². The summed E-state index contributed by atoms with van der Waals surface area (Å²) in [5, 5.41) is 19.6. The molecule has 4 rings (SSSR count). The van der Waals surface area contributed by atoms with Gasteiger partial charge in [0.1, 0.15) is 11.6 Å². The smallest absolute Gasteiger partial charge is 0.307 e. The van der Waals surface area contributed by atoms with E-state index in [1.54, 1.807) is 47.4 Å². The molecule has 1 aliphatic heterocycles. The lowest BCUT2D eigenvalue weighted by atomic mass is 10.1. The highest BCUT2D eigenvalue weighted by Crippen LogP contribution is 2.30. The van der Waals surface area contributed by atoms with Gasteiger partial charge in [-0.3, -0.25) is 19.8 Å². The van der Waals surface area contributed by atoms with Crippen LogP contribution < -0.4 is 15.8 Å². The molecule has 0 spiro atoms. The average molecular weight is 487 g/mol. The van der Waals surface area contributed by atoms with Gasteiger partial charge in [0.2, 0.25) is 0 Å². The van der Waals surface area contributed by atoms with E-state index in [1.807, 2.05) is 30.3 Å². The largest absolute Gasteiger partial charge is 0.481 e. The van der Waals surface area contributed by atoms with Crippen molar-refractivity contribution in [2.75, 3.05) is 11.9 Å². The van der Waals surface area contributed by atoms with E-state index in [1.165, 1.54) is 0 Å². The fourth-order valence-electron chi connectivity index (χ4n) is 3.98. The maximum Gasteiger partial charge on any atom is 0.307 e. The van der Waals surface area contributed by atoms with Crippen LogP contribution in [0.2, 0.25) is 0 Å². The van der Waals surface area contributed by atoms with E-state index >= 15 is 0 Å². The molecule has 1 atom stereocenters. The van der Waals surface area contributed by atoms with Gasteiger partial charge in [-0.15, -0.1) is 0 Å². The minimum absolute atomic E-state index is 0.0831. The summed E-state index contributed by atoms with van der Waals surface area (Å²) in [7, 11) is 0. The average Bonchev–Trinajstić information content (AvgIpc) is 2.99. The topological polar surface area (TPSA) is 146 Å². The number of fused-ring (bicyclic) bond motifs is 1. The van der Waals surface area contributed by atoms with Gasteiger partial charge < -0.3 is 25.8 Å². The number of benzene rings is 3. The molecule has 1 aliphatic rings. The summed E-state index contributed by atoms with van der Waals surface area (Å²) in [6.45, 7) is 0.606. The molecular weight excluding hydrogens is 460 g/mol. The Bertz CT molecular complexity index is 1290. The third-order valence-electron chi connectivity index (χ3n) is 5.87. The second-order valence-corrected chi connectivity index (χ2v) is 8.47. The number of ether oxygens (including phenoxy) is 1. The molecular formula is C27H26N4O5. The molecule has 0 fully saturated rings. The van der Waals surface area contributed by atoms with Crippen LogP contribution in [0.25, 0.3) is 0 Å². The molecule has 36 heavy (non-hydrogen) atoms. The highest BCUT2D eigenvalue weighted by atomic mass is 16.5. The Hall–Kier alpha value is -4.66. The van der Waals surface area contributed by atoms with E-state index in [0.29, 0.717) is 41.1 Å². The molecule has 0 radical (unpaired) electrons. The van der Waals surface area contributed by atoms with Crippen LogP contribution in [0.3, 0.4) is 0 Å². The number of nitrogens with one attached hydrogen (secondary N) is 2. The van der Waals surface area contributed by atoms with Crippen LogP contribution >= 0.6 is 0 Å². The third-order valence-corrected chi connectivity index (χ3v) is 5.87. The van der Waals surface area contributed by atoms with Crippen LogP contribution in [-0.4, -0.2) is 46.3 Å². The highest BCUT2D eigenvalue weighted by molar-refractivity contribution is 6.05. The summed E-state index contributed by atoms with van der Waals surface area (Å²) >= 11 is 0. The molecule has 1 heterocycles. The number of anilines is 1. The lowest BCUT2D eigenvalue weighted by Gasteiger charge is -2.23. The van der Waals surface area contributed by atoms with E-state index in [9.17, 15) is 19.5 Å². The molecule has 0 saturated carbocycles. The van der Waals surface area contributed by atoms with Crippen LogP contribution in [-0.2, 0) is 22.6 Å². The first-order valence-corrected chi connectivity index (χ1v) is 11.4. The molecule has 0 unspecified atom stereocenters. The number of nitrogens with zero attached hydrogens (tertiary/aromatic N) is 1. The highest BCUT2D eigenvalue weighted by Gasteiger charge is 2.32. The van der Waals surface area contributed by atoms with Crippen molar-refractivity contribution in [3.63, 3.8) is 0 Å². The Morgan fingerprint density at radius 2 is 1.75 bits per heavy atom. The molecule has 9 nitrogen and oxygen atoms in total. The first-order chi connectivity index (χ1) is 17.3. The summed E-state index contributed by atoms with van der Waals surface area (Å²) in [6, 6.07) is 21.1. The van der Waals surface area contributed by atoms with Crippen molar-refractivity contribution in [3.8, 4) is 5.75 Å². The Morgan fingerprint density at radius 1 is 1.06 bits per heavy atom. The lowest BCUT2D eigenvalue weighted by molar-refractivity contribution is -0.147. The Balaban J connectivity index is 1.55. The first-order valence-electron chi connectivity index (χ1n) is 11.4. The van der Waals surface area contributed by atoms with Gasteiger partial charge >= 0.3 is 5.97 Å². The Kier molecular flexibility index (Phi) is 7.29. The van der Waals surface area contributed by atoms with Crippen molar-refractivity contribution in [2.45, 2.75) is 25.5 Å². The number of nitrogen functional groups attached to an aromatic ring is 1. The van der Waals surface area contributed by atoms with E-state index in [-0.39, 0.29) is 24.2 Å². The third kappa shape index (κ3) is 5.87. The number of rotatable bonds is 8. The van der Waals surface area contributed by atoms with Crippen LogP contribution in [0.4, 0.5) is 5.69 Å². The van der Waals surface area contributed by atoms with Crippen molar-refractivity contribution >= 4 is 29.3 Å². The number of amides is 2. The maximum absolute atomic E-state index is 13.1. The number of hydrogen-bond acceptors (Lipinski definition) is 5. The minimum Gasteiger partial charge on any atom is -0.481 e. The van der Waals surface area contributed by atoms with Gasteiger partial charge in [-0.25, -0.2) is 0 Å². The zero-order chi connectivity index (χ0) is 25.7. The van der Waals surface area contributed by atoms with Crippen molar-refractivity contribution in [1.29, 1.82) is 5.41 Å². The van der Waals surface area contributed by atoms with Gasteiger partial charge in [-0.05, 0) is 42.3 Å². The first kappa shape index (κ1) is 24.5. The summed E-state index contributed by atoms with van der Waals surface area (Å²) in [5.41, 5.74) is 8.60. The van der Waals surface area contributed by atoms with E-state index < -0.39 is 18.5 Å². The number of carbonyl (C=O) groups excluding carboxylic acids is 2. The summed E-state index contributed by atoms with van der Waals surface area (Å²) in [5.74, 6) is -1.54. The number of hydrogen-bond donors (Lipinski definition) is 4.